The molecule has 2 aliphatic carbocycles. The van der Waals surface area contributed by atoms with Crippen LogP contribution in [-0.2, 0) is 11.3 Å². The maximum Gasteiger partial charge on any atom is 0.330 e. The van der Waals surface area contributed by atoms with Crippen LogP contribution in [0.4, 0.5) is 26.6 Å². The molecule has 10 nitrogen and oxygen atoms in total. The van der Waals surface area contributed by atoms with Crippen molar-refractivity contribution in [2.45, 2.75) is 63.1 Å². The number of urea groups is 1. The monoisotopic (exact) mass is 524 g/mol. The second kappa shape index (κ2) is 10.5. The van der Waals surface area contributed by atoms with E-state index < -0.39 is 11.8 Å². The van der Waals surface area contributed by atoms with Crippen molar-refractivity contribution < 1.29 is 23.5 Å². The molecule has 0 spiro atoms. The van der Waals surface area contributed by atoms with E-state index in [1.54, 1.807) is 13.2 Å². The molecular formula is C27H33FN6O4. The van der Waals surface area contributed by atoms with Gasteiger partial charge in [0.05, 0.1) is 26.5 Å². The van der Waals surface area contributed by atoms with Gasteiger partial charge in [0.1, 0.15) is 11.6 Å². The van der Waals surface area contributed by atoms with Gasteiger partial charge in [-0.1, -0.05) is 19.4 Å². The average molecular weight is 525 g/mol. The number of carbonyl (C=O) groups excluding carboxylic acids is 2. The molecule has 3 amide bonds. The van der Waals surface area contributed by atoms with Crippen LogP contribution in [0, 0.1) is 5.82 Å². The Labute approximate surface area is 221 Å². The molecule has 1 aromatic heterocycles. The van der Waals surface area contributed by atoms with Gasteiger partial charge in [-0.3, -0.25) is 14.6 Å². The van der Waals surface area contributed by atoms with Gasteiger partial charge in [-0.15, -0.1) is 0 Å². The topological polar surface area (TPSA) is 109 Å². The summed E-state index contributed by atoms with van der Waals surface area (Å²) in [6, 6.07) is 1.00. The van der Waals surface area contributed by atoms with Crippen LogP contribution in [0.1, 0.15) is 55.6 Å². The van der Waals surface area contributed by atoms with Crippen molar-refractivity contribution >= 4 is 29.4 Å². The number of halogens is 1. The van der Waals surface area contributed by atoms with Crippen molar-refractivity contribution in [2.75, 3.05) is 36.4 Å². The fraction of sp³-hybridized carbons (Fsp3) is 0.481. The first-order valence-electron chi connectivity index (χ1n) is 12.9. The van der Waals surface area contributed by atoms with Gasteiger partial charge in [0.15, 0.2) is 11.6 Å². The minimum Gasteiger partial charge on any atom is -0.496 e. The predicted molar refractivity (Wildman–Crippen MR) is 141 cm³/mol. The van der Waals surface area contributed by atoms with Crippen LogP contribution in [0.2, 0.25) is 0 Å². The van der Waals surface area contributed by atoms with Gasteiger partial charge in [-0.25, -0.2) is 14.2 Å². The molecule has 0 saturated heterocycles. The second-order valence-electron chi connectivity index (χ2n) is 9.96. The number of hydrogen-bond donors (Lipinski definition) is 2. The lowest BCUT2D eigenvalue weighted by molar-refractivity contribution is -0.117. The van der Waals surface area contributed by atoms with Crippen LogP contribution in [0.25, 0.3) is 0 Å². The minimum atomic E-state index is -0.593. The summed E-state index contributed by atoms with van der Waals surface area (Å²) in [5, 5.41) is 6.33. The Kier molecular flexibility index (Phi) is 7.09. The SMILES string of the molecule is C=CC(=O)N[C@H]1CCCC[C@H]1Nc1ncc2c(n1)N(C)C(=O)N(c1c(F)c(OC)cc(OC)c1C1CC1)C2. The van der Waals surface area contributed by atoms with E-state index >= 15 is 4.39 Å². The Morgan fingerprint density at radius 2 is 1.87 bits per heavy atom. The third-order valence-electron chi connectivity index (χ3n) is 7.50. The molecule has 202 valence electrons. The van der Waals surface area contributed by atoms with Crippen molar-refractivity contribution in [3.63, 3.8) is 0 Å². The number of nitrogens with zero attached hydrogens (tertiary/aromatic N) is 4. The summed E-state index contributed by atoms with van der Waals surface area (Å²) in [4.78, 5) is 37.5. The summed E-state index contributed by atoms with van der Waals surface area (Å²) >= 11 is 0. The van der Waals surface area contributed by atoms with E-state index in [9.17, 15) is 9.59 Å². The van der Waals surface area contributed by atoms with E-state index in [0.717, 1.165) is 38.5 Å². The van der Waals surface area contributed by atoms with E-state index in [-0.39, 0.29) is 41.9 Å². The summed E-state index contributed by atoms with van der Waals surface area (Å²) in [6.07, 6.45) is 8.46. The van der Waals surface area contributed by atoms with E-state index in [2.05, 4.69) is 27.2 Å². The van der Waals surface area contributed by atoms with Crippen molar-refractivity contribution in [1.29, 1.82) is 0 Å². The number of ether oxygens (including phenoxy) is 2. The highest BCUT2D eigenvalue weighted by Gasteiger charge is 2.40. The quantitative estimate of drug-likeness (QED) is 0.500. The Bertz CT molecular complexity index is 1270. The molecule has 2 atom stereocenters. The number of fused-ring (bicyclic) bond motifs is 1. The molecule has 3 aliphatic rings. The fourth-order valence-corrected chi connectivity index (χ4v) is 5.40. The summed E-state index contributed by atoms with van der Waals surface area (Å²) < 4.78 is 26.5. The zero-order valence-corrected chi connectivity index (χ0v) is 21.9. The smallest absolute Gasteiger partial charge is 0.330 e. The normalized spacial score (nSPS) is 21.0. The Balaban J connectivity index is 1.45. The van der Waals surface area contributed by atoms with E-state index in [0.29, 0.717) is 28.6 Å². The standard InChI is InChI=1S/C27H33FN6O4/c1-5-21(35)30-17-8-6-7-9-18(17)31-26-29-13-16-14-34(27(36)33(2)25(16)32-26)24-22(15-10-11-15)19(37-3)12-20(38-4)23(24)28/h5,12-13,15,17-18H,1,6-11,14H2,2-4H3,(H,30,35)(H,29,31,32)/t17-,18+/m0/s1. The van der Waals surface area contributed by atoms with Crippen molar-refractivity contribution in [1.82, 2.24) is 15.3 Å². The molecule has 2 saturated carbocycles. The molecule has 2 N–H and O–H groups in total. The lowest BCUT2D eigenvalue weighted by Crippen LogP contribution is -2.49. The van der Waals surface area contributed by atoms with E-state index in [1.807, 2.05) is 0 Å². The van der Waals surface area contributed by atoms with Crippen molar-refractivity contribution in [3.05, 3.63) is 41.9 Å². The Morgan fingerprint density at radius 3 is 2.53 bits per heavy atom. The third-order valence-corrected chi connectivity index (χ3v) is 7.50. The molecule has 1 aromatic carbocycles. The first kappa shape index (κ1) is 25.7. The number of nitrogens with one attached hydrogen (secondary N) is 2. The lowest BCUT2D eigenvalue weighted by atomic mass is 9.90. The molecule has 2 fully saturated rings. The fourth-order valence-electron chi connectivity index (χ4n) is 5.40. The lowest BCUT2D eigenvalue weighted by Gasteiger charge is -2.36. The van der Waals surface area contributed by atoms with Gasteiger partial charge in [0.2, 0.25) is 11.9 Å². The molecule has 38 heavy (non-hydrogen) atoms. The maximum atomic E-state index is 15.7. The largest absolute Gasteiger partial charge is 0.496 e. The van der Waals surface area contributed by atoms with Crippen molar-refractivity contribution in [2.24, 2.45) is 0 Å². The van der Waals surface area contributed by atoms with Crippen molar-refractivity contribution in [3.8, 4) is 11.5 Å². The molecule has 1 aliphatic heterocycles. The van der Waals surface area contributed by atoms with Crippen LogP contribution in [0.3, 0.4) is 0 Å². The van der Waals surface area contributed by atoms with Crippen LogP contribution in [0.15, 0.2) is 24.9 Å². The minimum absolute atomic E-state index is 0.0175. The number of methoxy groups -OCH3 is 2. The number of aromatic nitrogens is 2. The highest BCUT2D eigenvalue weighted by Crippen LogP contribution is 2.52. The number of benzene rings is 1. The van der Waals surface area contributed by atoms with Gasteiger partial charge < -0.3 is 20.1 Å². The first-order chi connectivity index (χ1) is 18.4. The van der Waals surface area contributed by atoms with E-state index in [1.165, 1.54) is 36.2 Å². The zero-order chi connectivity index (χ0) is 27.0. The number of amides is 3. The van der Waals surface area contributed by atoms with Crippen LogP contribution in [-0.4, -0.2) is 55.3 Å². The molecule has 0 unspecified atom stereocenters. The van der Waals surface area contributed by atoms with Crippen LogP contribution < -0.4 is 29.9 Å². The predicted octanol–water partition coefficient (Wildman–Crippen LogP) is 4.11. The molecular weight excluding hydrogens is 491 g/mol. The van der Waals surface area contributed by atoms with E-state index in [4.69, 9.17) is 9.47 Å². The van der Waals surface area contributed by atoms with Gasteiger partial charge in [0, 0.05) is 42.5 Å². The molecule has 5 rings (SSSR count). The number of anilines is 3. The van der Waals surface area contributed by atoms with Gasteiger partial charge in [-0.05, 0) is 37.7 Å². The summed E-state index contributed by atoms with van der Waals surface area (Å²) in [6.45, 7) is 3.64. The molecule has 11 heteroatoms. The molecule has 0 radical (unpaired) electrons. The number of carbonyl (C=O) groups is 2. The van der Waals surface area contributed by atoms with Crippen LogP contribution in [0.5, 0.6) is 11.5 Å². The van der Waals surface area contributed by atoms with Gasteiger partial charge in [-0.2, -0.15) is 4.98 Å². The Morgan fingerprint density at radius 1 is 1.16 bits per heavy atom. The van der Waals surface area contributed by atoms with Gasteiger partial charge in [0.25, 0.3) is 0 Å². The number of rotatable bonds is 8. The summed E-state index contributed by atoms with van der Waals surface area (Å²) in [7, 11) is 4.54. The highest BCUT2D eigenvalue weighted by atomic mass is 19.1. The highest BCUT2D eigenvalue weighted by molar-refractivity contribution is 6.06. The summed E-state index contributed by atoms with van der Waals surface area (Å²) in [5.74, 6) is 0.654. The average Bonchev–Trinajstić information content (AvgIpc) is 3.77. The summed E-state index contributed by atoms with van der Waals surface area (Å²) in [5.41, 5.74) is 1.54. The molecule has 2 aromatic rings. The maximum absolute atomic E-state index is 15.7. The zero-order valence-electron chi connectivity index (χ0n) is 21.9. The third kappa shape index (κ3) is 4.72. The van der Waals surface area contributed by atoms with Gasteiger partial charge >= 0.3 is 6.03 Å². The molecule has 2 heterocycles. The molecule has 0 bridgehead atoms. The Hall–Kier alpha value is -3.89. The second-order valence-corrected chi connectivity index (χ2v) is 9.96. The van der Waals surface area contributed by atoms with Crippen LogP contribution >= 0.6 is 0 Å². The number of hydrogen-bond acceptors (Lipinski definition) is 7. The first-order valence-corrected chi connectivity index (χ1v) is 12.9.